The van der Waals surface area contributed by atoms with Gasteiger partial charge in [-0.15, -0.1) is 0 Å². The van der Waals surface area contributed by atoms with Crippen molar-refractivity contribution < 1.29 is 9.13 Å². The van der Waals surface area contributed by atoms with Crippen LogP contribution in [0.1, 0.15) is 36.9 Å². The van der Waals surface area contributed by atoms with Crippen LogP contribution >= 0.6 is 0 Å². The highest BCUT2D eigenvalue weighted by atomic mass is 19.1. The second kappa shape index (κ2) is 4.72. The third kappa shape index (κ3) is 2.34. The summed E-state index contributed by atoms with van der Waals surface area (Å²) in [4.78, 5) is 0. The van der Waals surface area contributed by atoms with Gasteiger partial charge in [0, 0.05) is 6.61 Å². The lowest BCUT2D eigenvalue weighted by molar-refractivity contribution is -0.0125. The van der Waals surface area contributed by atoms with Crippen LogP contribution in [0.2, 0.25) is 0 Å². The zero-order chi connectivity index (χ0) is 12.5. The molecule has 2 unspecified atom stereocenters. The molecule has 0 spiro atoms. The second-order valence-corrected chi connectivity index (χ2v) is 4.87. The average Bonchev–Trinajstić information content (AvgIpc) is 2.72. The summed E-state index contributed by atoms with van der Waals surface area (Å²) in [6.07, 6.45) is 1.99. The SMILES string of the molecule is Cc1cc(C(NN)C2(C)CCCO2)ccc1F. The van der Waals surface area contributed by atoms with E-state index >= 15 is 0 Å². The largest absolute Gasteiger partial charge is 0.373 e. The molecule has 1 heterocycles. The van der Waals surface area contributed by atoms with Crippen molar-refractivity contribution in [2.45, 2.75) is 38.3 Å². The van der Waals surface area contributed by atoms with E-state index in [0.717, 1.165) is 25.0 Å². The predicted octanol–water partition coefficient (Wildman–Crippen LogP) is 2.21. The minimum Gasteiger partial charge on any atom is -0.373 e. The fourth-order valence-electron chi connectivity index (χ4n) is 2.50. The van der Waals surface area contributed by atoms with Gasteiger partial charge in [0.05, 0.1) is 11.6 Å². The molecule has 1 aliphatic rings. The van der Waals surface area contributed by atoms with Crippen LogP contribution in [0.4, 0.5) is 4.39 Å². The van der Waals surface area contributed by atoms with Crippen LogP contribution < -0.4 is 11.3 Å². The van der Waals surface area contributed by atoms with Gasteiger partial charge < -0.3 is 4.74 Å². The van der Waals surface area contributed by atoms with Crippen molar-refractivity contribution in [1.82, 2.24) is 5.43 Å². The summed E-state index contributed by atoms with van der Waals surface area (Å²) in [5, 5.41) is 0. The molecule has 1 aromatic carbocycles. The zero-order valence-corrected chi connectivity index (χ0v) is 10.3. The monoisotopic (exact) mass is 238 g/mol. The summed E-state index contributed by atoms with van der Waals surface area (Å²) in [5.74, 6) is 5.44. The Kier molecular flexibility index (Phi) is 3.47. The maximum absolute atomic E-state index is 13.3. The summed E-state index contributed by atoms with van der Waals surface area (Å²) in [5.41, 5.74) is 4.09. The molecule has 0 aromatic heterocycles. The summed E-state index contributed by atoms with van der Waals surface area (Å²) in [6, 6.07) is 4.96. The van der Waals surface area contributed by atoms with Gasteiger partial charge in [0.1, 0.15) is 5.82 Å². The zero-order valence-electron chi connectivity index (χ0n) is 10.3. The maximum atomic E-state index is 13.3. The van der Waals surface area contributed by atoms with Gasteiger partial charge in [-0.25, -0.2) is 4.39 Å². The molecule has 1 saturated heterocycles. The molecule has 2 rings (SSSR count). The van der Waals surface area contributed by atoms with Gasteiger partial charge in [-0.3, -0.25) is 11.3 Å². The first-order valence-corrected chi connectivity index (χ1v) is 5.93. The van der Waals surface area contributed by atoms with Crippen molar-refractivity contribution in [2.24, 2.45) is 5.84 Å². The van der Waals surface area contributed by atoms with Crippen LogP contribution in [0.15, 0.2) is 18.2 Å². The molecule has 1 aliphatic heterocycles. The lowest BCUT2D eigenvalue weighted by Gasteiger charge is -2.33. The Morgan fingerprint density at radius 3 is 2.82 bits per heavy atom. The number of hydrazine groups is 1. The molecule has 1 fully saturated rings. The minimum absolute atomic E-state index is 0.107. The number of nitrogens with one attached hydrogen (secondary N) is 1. The first-order chi connectivity index (χ1) is 8.07. The summed E-state index contributed by atoms with van der Waals surface area (Å²) >= 11 is 0. The van der Waals surface area contributed by atoms with Crippen molar-refractivity contribution in [3.05, 3.63) is 35.1 Å². The van der Waals surface area contributed by atoms with Crippen molar-refractivity contribution >= 4 is 0 Å². The molecule has 0 amide bonds. The van der Waals surface area contributed by atoms with Gasteiger partial charge in [0.15, 0.2) is 0 Å². The van der Waals surface area contributed by atoms with Gasteiger partial charge in [-0.05, 0) is 43.9 Å². The van der Waals surface area contributed by atoms with Crippen molar-refractivity contribution in [1.29, 1.82) is 0 Å². The van der Waals surface area contributed by atoms with E-state index in [2.05, 4.69) is 5.43 Å². The highest BCUT2D eigenvalue weighted by molar-refractivity contribution is 5.28. The summed E-state index contributed by atoms with van der Waals surface area (Å²) < 4.78 is 19.0. The van der Waals surface area contributed by atoms with Crippen LogP contribution in [-0.4, -0.2) is 12.2 Å². The van der Waals surface area contributed by atoms with E-state index < -0.39 is 0 Å². The molecular weight excluding hydrogens is 219 g/mol. The van der Waals surface area contributed by atoms with E-state index in [4.69, 9.17) is 10.6 Å². The van der Waals surface area contributed by atoms with E-state index in [1.54, 1.807) is 13.0 Å². The number of ether oxygens (including phenoxy) is 1. The third-order valence-corrected chi connectivity index (χ3v) is 3.54. The van der Waals surface area contributed by atoms with E-state index in [1.807, 2.05) is 13.0 Å². The first kappa shape index (κ1) is 12.5. The number of rotatable bonds is 3. The number of nitrogens with two attached hydrogens (primary N) is 1. The van der Waals surface area contributed by atoms with Gasteiger partial charge in [0.25, 0.3) is 0 Å². The number of hydrogen-bond donors (Lipinski definition) is 2. The standard InChI is InChI=1S/C13H19FN2O/c1-9-8-10(4-5-11(9)14)12(16-15)13(2)6-3-7-17-13/h4-5,8,12,16H,3,6-7,15H2,1-2H3. The first-order valence-electron chi connectivity index (χ1n) is 5.93. The van der Waals surface area contributed by atoms with Crippen LogP contribution in [0.3, 0.4) is 0 Å². The summed E-state index contributed by atoms with van der Waals surface area (Å²) in [6.45, 7) is 4.56. The van der Waals surface area contributed by atoms with E-state index in [1.165, 1.54) is 6.07 Å². The fourth-order valence-corrected chi connectivity index (χ4v) is 2.50. The molecule has 2 atom stereocenters. The molecule has 0 bridgehead atoms. The third-order valence-electron chi connectivity index (χ3n) is 3.54. The van der Waals surface area contributed by atoms with E-state index in [0.29, 0.717) is 5.56 Å². The summed E-state index contributed by atoms with van der Waals surface area (Å²) in [7, 11) is 0. The Morgan fingerprint density at radius 1 is 1.53 bits per heavy atom. The van der Waals surface area contributed by atoms with Gasteiger partial charge >= 0.3 is 0 Å². The smallest absolute Gasteiger partial charge is 0.126 e. The number of halogens is 1. The predicted molar refractivity (Wildman–Crippen MR) is 64.8 cm³/mol. The molecule has 0 aliphatic carbocycles. The number of aryl methyl sites for hydroxylation is 1. The quantitative estimate of drug-likeness (QED) is 0.627. The number of hydrogen-bond acceptors (Lipinski definition) is 3. The second-order valence-electron chi connectivity index (χ2n) is 4.87. The van der Waals surface area contributed by atoms with Gasteiger partial charge in [0.2, 0.25) is 0 Å². The average molecular weight is 238 g/mol. The Labute approximate surface area is 101 Å². The molecule has 0 saturated carbocycles. The molecule has 0 radical (unpaired) electrons. The van der Waals surface area contributed by atoms with Crippen LogP contribution in [-0.2, 0) is 4.74 Å². The normalized spacial score (nSPS) is 26.1. The maximum Gasteiger partial charge on any atom is 0.126 e. The molecule has 4 heteroatoms. The van der Waals surface area contributed by atoms with Crippen molar-refractivity contribution in [2.75, 3.05) is 6.61 Å². The Hall–Kier alpha value is -0.970. The molecule has 94 valence electrons. The van der Waals surface area contributed by atoms with E-state index in [-0.39, 0.29) is 17.5 Å². The Bertz CT molecular complexity index is 402. The Morgan fingerprint density at radius 2 is 2.29 bits per heavy atom. The molecule has 17 heavy (non-hydrogen) atoms. The van der Waals surface area contributed by atoms with Crippen molar-refractivity contribution in [3.8, 4) is 0 Å². The van der Waals surface area contributed by atoms with Crippen LogP contribution in [0.25, 0.3) is 0 Å². The highest BCUT2D eigenvalue weighted by Crippen LogP contribution is 2.37. The Balaban J connectivity index is 2.31. The van der Waals surface area contributed by atoms with E-state index in [9.17, 15) is 4.39 Å². The lowest BCUT2D eigenvalue weighted by atomic mass is 9.87. The fraction of sp³-hybridized carbons (Fsp3) is 0.538. The minimum atomic E-state index is -0.307. The topological polar surface area (TPSA) is 47.3 Å². The van der Waals surface area contributed by atoms with Gasteiger partial charge in [-0.2, -0.15) is 0 Å². The van der Waals surface area contributed by atoms with Crippen LogP contribution in [0, 0.1) is 12.7 Å². The van der Waals surface area contributed by atoms with Gasteiger partial charge in [-0.1, -0.05) is 12.1 Å². The highest BCUT2D eigenvalue weighted by Gasteiger charge is 2.38. The molecular formula is C13H19FN2O. The lowest BCUT2D eigenvalue weighted by Crippen LogP contribution is -2.44. The molecule has 3 N–H and O–H groups in total. The van der Waals surface area contributed by atoms with Crippen LogP contribution in [0.5, 0.6) is 0 Å². The molecule has 1 aromatic rings. The molecule has 3 nitrogen and oxygen atoms in total. The van der Waals surface area contributed by atoms with Crippen molar-refractivity contribution in [3.63, 3.8) is 0 Å². The number of benzene rings is 1.